The van der Waals surface area contributed by atoms with Gasteiger partial charge in [0.2, 0.25) is 0 Å². The number of rotatable bonds is 5. The van der Waals surface area contributed by atoms with Crippen LogP contribution in [0.5, 0.6) is 11.5 Å². The molecule has 0 aliphatic carbocycles. The number of para-hydroxylation sites is 1. The van der Waals surface area contributed by atoms with Crippen LogP contribution in [-0.2, 0) is 17.8 Å². The van der Waals surface area contributed by atoms with Crippen LogP contribution in [0.25, 0.3) is 0 Å². The minimum Gasteiger partial charge on any atom is -0.486 e. The molecule has 0 unspecified atom stereocenters. The van der Waals surface area contributed by atoms with Gasteiger partial charge in [0.15, 0.2) is 11.5 Å². The highest BCUT2D eigenvalue weighted by Crippen LogP contribution is 2.33. The molecule has 25 heavy (non-hydrogen) atoms. The minimum atomic E-state index is 0.608. The second-order valence-corrected chi connectivity index (χ2v) is 6.17. The summed E-state index contributed by atoms with van der Waals surface area (Å²) in [6, 6.07) is 10.2. The molecule has 132 valence electrons. The van der Waals surface area contributed by atoms with Crippen LogP contribution in [0.15, 0.2) is 36.5 Å². The van der Waals surface area contributed by atoms with Crippen molar-refractivity contribution in [2.45, 2.75) is 13.1 Å². The van der Waals surface area contributed by atoms with Gasteiger partial charge in [-0.2, -0.15) is 0 Å². The predicted molar refractivity (Wildman–Crippen MR) is 95.2 cm³/mol. The summed E-state index contributed by atoms with van der Waals surface area (Å²) in [4.78, 5) is 6.76. The summed E-state index contributed by atoms with van der Waals surface area (Å²) in [7, 11) is 0. The Bertz CT molecular complexity index is 717. The molecular formula is C19H23N3O3. The van der Waals surface area contributed by atoms with E-state index in [1.54, 1.807) is 0 Å². The van der Waals surface area contributed by atoms with E-state index in [9.17, 15) is 0 Å². The maximum Gasteiger partial charge on any atom is 0.165 e. The molecule has 3 heterocycles. The van der Waals surface area contributed by atoms with Gasteiger partial charge in [-0.25, -0.2) is 4.98 Å². The first kappa shape index (κ1) is 16.2. The van der Waals surface area contributed by atoms with Crippen molar-refractivity contribution in [2.24, 2.45) is 0 Å². The van der Waals surface area contributed by atoms with Crippen LogP contribution in [0.2, 0.25) is 0 Å². The molecule has 0 atom stereocenters. The van der Waals surface area contributed by atoms with Crippen molar-refractivity contribution in [1.82, 2.24) is 10.3 Å². The van der Waals surface area contributed by atoms with Crippen LogP contribution in [0, 0.1) is 0 Å². The maximum absolute atomic E-state index is 5.76. The topological polar surface area (TPSA) is 55.9 Å². The molecule has 1 N–H and O–H groups in total. The third-order valence-electron chi connectivity index (χ3n) is 4.44. The first-order chi connectivity index (χ1) is 12.4. The Balaban J connectivity index is 1.37. The fourth-order valence-electron chi connectivity index (χ4n) is 3.15. The van der Waals surface area contributed by atoms with Crippen LogP contribution in [0.3, 0.4) is 0 Å². The van der Waals surface area contributed by atoms with Crippen LogP contribution in [0.1, 0.15) is 11.1 Å². The fourth-order valence-corrected chi connectivity index (χ4v) is 3.15. The van der Waals surface area contributed by atoms with Crippen molar-refractivity contribution in [3.63, 3.8) is 0 Å². The zero-order valence-electron chi connectivity index (χ0n) is 14.2. The van der Waals surface area contributed by atoms with Gasteiger partial charge in [-0.05, 0) is 23.8 Å². The summed E-state index contributed by atoms with van der Waals surface area (Å²) in [5, 5.41) is 3.49. The second-order valence-electron chi connectivity index (χ2n) is 6.17. The van der Waals surface area contributed by atoms with Crippen LogP contribution in [0.4, 0.5) is 5.82 Å². The largest absolute Gasteiger partial charge is 0.486 e. The van der Waals surface area contributed by atoms with E-state index in [0.717, 1.165) is 62.3 Å². The monoisotopic (exact) mass is 341 g/mol. The number of aromatic nitrogens is 1. The quantitative estimate of drug-likeness (QED) is 0.897. The first-order valence-corrected chi connectivity index (χ1v) is 8.76. The number of hydrogen-bond donors (Lipinski definition) is 1. The third-order valence-corrected chi connectivity index (χ3v) is 4.44. The van der Waals surface area contributed by atoms with E-state index < -0.39 is 0 Å². The van der Waals surface area contributed by atoms with Crippen molar-refractivity contribution in [3.8, 4) is 11.5 Å². The number of benzene rings is 1. The van der Waals surface area contributed by atoms with Crippen molar-refractivity contribution in [2.75, 3.05) is 44.4 Å². The number of pyridine rings is 1. The Hall–Kier alpha value is -2.31. The summed E-state index contributed by atoms with van der Waals surface area (Å²) >= 11 is 0. The van der Waals surface area contributed by atoms with Gasteiger partial charge in [0, 0.05) is 37.9 Å². The van der Waals surface area contributed by atoms with Crippen molar-refractivity contribution in [1.29, 1.82) is 0 Å². The Morgan fingerprint density at radius 1 is 1.00 bits per heavy atom. The molecule has 2 aliphatic rings. The molecule has 4 rings (SSSR count). The lowest BCUT2D eigenvalue weighted by molar-refractivity contribution is 0.122. The van der Waals surface area contributed by atoms with Gasteiger partial charge >= 0.3 is 0 Å². The van der Waals surface area contributed by atoms with Gasteiger partial charge < -0.3 is 24.4 Å². The van der Waals surface area contributed by atoms with Gasteiger partial charge in [0.25, 0.3) is 0 Å². The normalized spacial score (nSPS) is 16.7. The Kier molecular flexibility index (Phi) is 4.99. The predicted octanol–water partition coefficient (Wildman–Crippen LogP) is 1.98. The summed E-state index contributed by atoms with van der Waals surface area (Å²) < 4.78 is 16.8. The van der Waals surface area contributed by atoms with E-state index in [2.05, 4.69) is 33.4 Å². The standard InChI is InChI=1S/C19H23N3O3/c1-2-16(19-17(3-1)24-10-11-25-19)14-20-13-15-4-5-21-18(12-15)22-6-8-23-9-7-22/h1-5,12,20H,6-11,13-14H2. The van der Waals surface area contributed by atoms with Gasteiger partial charge in [0.1, 0.15) is 19.0 Å². The molecule has 1 saturated heterocycles. The molecule has 1 aromatic heterocycles. The van der Waals surface area contributed by atoms with E-state index in [-0.39, 0.29) is 0 Å². The van der Waals surface area contributed by atoms with E-state index in [0.29, 0.717) is 13.2 Å². The smallest absolute Gasteiger partial charge is 0.165 e. The molecule has 0 saturated carbocycles. The molecule has 1 aromatic carbocycles. The molecule has 0 bridgehead atoms. The second kappa shape index (κ2) is 7.72. The highest BCUT2D eigenvalue weighted by molar-refractivity contribution is 5.47. The molecule has 0 spiro atoms. The lowest BCUT2D eigenvalue weighted by atomic mass is 10.1. The molecule has 1 fully saturated rings. The highest BCUT2D eigenvalue weighted by Gasteiger charge is 2.15. The van der Waals surface area contributed by atoms with Gasteiger partial charge in [-0.1, -0.05) is 12.1 Å². The van der Waals surface area contributed by atoms with Gasteiger partial charge in [0.05, 0.1) is 13.2 Å². The average molecular weight is 341 g/mol. The SMILES string of the molecule is c1cc(CNCc2ccnc(N3CCOCC3)c2)c2c(c1)OCCO2. The summed E-state index contributed by atoms with van der Waals surface area (Å²) in [5.74, 6) is 2.73. The third kappa shape index (κ3) is 3.86. The van der Waals surface area contributed by atoms with Crippen molar-refractivity contribution >= 4 is 5.82 Å². The number of nitrogens with zero attached hydrogens (tertiary/aromatic N) is 2. The number of morpholine rings is 1. The summed E-state index contributed by atoms with van der Waals surface area (Å²) in [6.07, 6.45) is 1.88. The number of hydrogen-bond acceptors (Lipinski definition) is 6. The molecule has 2 aromatic rings. The fraction of sp³-hybridized carbons (Fsp3) is 0.421. The van der Waals surface area contributed by atoms with E-state index in [1.807, 2.05) is 18.3 Å². The molecule has 0 radical (unpaired) electrons. The maximum atomic E-state index is 5.76. The Labute approximate surface area is 147 Å². The van der Waals surface area contributed by atoms with Crippen LogP contribution >= 0.6 is 0 Å². The zero-order chi connectivity index (χ0) is 16.9. The van der Waals surface area contributed by atoms with Gasteiger partial charge in [-0.3, -0.25) is 0 Å². The van der Waals surface area contributed by atoms with E-state index >= 15 is 0 Å². The Morgan fingerprint density at radius 3 is 2.80 bits per heavy atom. The first-order valence-electron chi connectivity index (χ1n) is 8.76. The molecular weight excluding hydrogens is 318 g/mol. The van der Waals surface area contributed by atoms with E-state index in [4.69, 9.17) is 14.2 Å². The summed E-state index contributed by atoms with van der Waals surface area (Å²) in [6.45, 7) is 6.08. The molecule has 2 aliphatic heterocycles. The minimum absolute atomic E-state index is 0.608. The van der Waals surface area contributed by atoms with Crippen LogP contribution in [-0.4, -0.2) is 44.5 Å². The lowest BCUT2D eigenvalue weighted by Gasteiger charge is -2.28. The molecule has 6 nitrogen and oxygen atoms in total. The van der Waals surface area contributed by atoms with E-state index in [1.165, 1.54) is 5.56 Å². The summed E-state index contributed by atoms with van der Waals surface area (Å²) in [5.41, 5.74) is 2.35. The number of ether oxygens (including phenoxy) is 3. The Morgan fingerprint density at radius 2 is 1.88 bits per heavy atom. The number of nitrogens with one attached hydrogen (secondary N) is 1. The zero-order valence-corrected chi connectivity index (χ0v) is 14.2. The van der Waals surface area contributed by atoms with Gasteiger partial charge in [-0.15, -0.1) is 0 Å². The van der Waals surface area contributed by atoms with Crippen molar-refractivity contribution < 1.29 is 14.2 Å². The van der Waals surface area contributed by atoms with Crippen molar-refractivity contribution in [3.05, 3.63) is 47.7 Å². The highest BCUT2D eigenvalue weighted by atomic mass is 16.6. The van der Waals surface area contributed by atoms with Crippen LogP contribution < -0.4 is 19.7 Å². The number of anilines is 1. The number of fused-ring (bicyclic) bond motifs is 1. The average Bonchev–Trinajstić information content (AvgIpc) is 2.69. The molecule has 0 amide bonds. The lowest BCUT2D eigenvalue weighted by Crippen LogP contribution is -2.36. The molecule has 6 heteroatoms.